The van der Waals surface area contributed by atoms with Crippen LogP contribution in [-0.4, -0.2) is 14.6 Å². The molecular weight excluding hydrogens is 260 g/mol. The highest BCUT2D eigenvalue weighted by molar-refractivity contribution is 6.05. The number of hydrogen-bond donors (Lipinski definition) is 2. The fourth-order valence-corrected chi connectivity index (χ4v) is 2.35. The van der Waals surface area contributed by atoms with E-state index < -0.39 is 5.63 Å². The molecule has 0 atom stereocenters. The van der Waals surface area contributed by atoms with E-state index in [1.807, 2.05) is 6.07 Å². The first kappa shape index (κ1) is 10.8. The number of benzene rings is 1. The zero-order valence-electron chi connectivity index (χ0n) is 10.1. The highest BCUT2D eigenvalue weighted by Gasteiger charge is 2.15. The summed E-state index contributed by atoms with van der Waals surface area (Å²) in [6.45, 7) is 0. The molecule has 0 spiro atoms. The van der Waals surface area contributed by atoms with Gasteiger partial charge in [0.2, 0.25) is 0 Å². The first-order valence-electron chi connectivity index (χ1n) is 5.88. The Bertz CT molecular complexity index is 1100. The summed E-state index contributed by atoms with van der Waals surface area (Å²) in [5, 5.41) is 3.31. The number of nitrogen functional groups attached to an aromatic ring is 1. The fourth-order valence-electron chi connectivity index (χ4n) is 2.35. The largest absolute Gasteiger partial charge is 0.422 e. The molecule has 0 saturated heterocycles. The quantitative estimate of drug-likeness (QED) is 0.363. The van der Waals surface area contributed by atoms with Gasteiger partial charge in [-0.15, -0.1) is 0 Å². The Morgan fingerprint density at radius 2 is 2.05 bits per heavy atom. The Morgan fingerprint density at radius 1 is 1.25 bits per heavy atom. The van der Waals surface area contributed by atoms with E-state index in [0.29, 0.717) is 22.1 Å². The summed E-state index contributed by atoms with van der Waals surface area (Å²) in [7, 11) is 0. The van der Waals surface area contributed by atoms with Gasteiger partial charge in [-0.1, -0.05) is 12.1 Å². The van der Waals surface area contributed by atoms with Crippen LogP contribution < -0.4 is 16.9 Å². The molecule has 4 rings (SSSR count). The van der Waals surface area contributed by atoms with Crippen LogP contribution in [0.4, 0.5) is 5.82 Å². The molecule has 4 aromatic rings. The lowest BCUT2D eigenvalue weighted by molar-refractivity contribution is 0.569. The second-order valence-electron chi connectivity index (χ2n) is 4.42. The molecule has 0 bridgehead atoms. The minimum Gasteiger partial charge on any atom is -0.422 e. The first-order valence-corrected chi connectivity index (χ1v) is 5.88. The molecule has 20 heavy (non-hydrogen) atoms. The molecule has 0 amide bonds. The number of rotatable bonds is 0. The highest BCUT2D eigenvalue weighted by Crippen LogP contribution is 2.24. The molecule has 0 unspecified atom stereocenters. The molecule has 0 radical (unpaired) electrons. The van der Waals surface area contributed by atoms with Crippen molar-refractivity contribution in [3.8, 4) is 0 Å². The van der Waals surface area contributed by atoms with Gasteiger partial charge in [0.1, 0.15) is 16.8 Å². The molecule has 1 aromatic carbocycles. The normalized spacial score (nSPS) is 11.6. The number of aromatic amines is 1. The molecule has 3 aromatic heterocycles. The number of nitrogens with zero attached hydrogens (tertiary/aromatic N) is 2. The molecule has 0 fully saturated rings. The molecular formula is C13H8N4O3. The number of nitrogens with two attached hydrogens (primary N) is 1. The number of fused-ring (bicyclic) bond motifs is 4. The summed E-state index contributed by atoms with van der Waals surface area (Å²) >= 11 is 0. The lowest BCUT2D eigenvalue weighted by Gasteiger charge is -2.06. The topological polar surface area (TPSA) is 106 Å². The van der Waals surface area contributed by atoms with Crippen molar-refractivity contribution in [1.29, 1.82) is 0 Å². The van der Waals surface area contributed by atoms with Gasteiger partial charge < -0.3 is 10.2 Å². The van der Waals surface area contributed by atoms with Crippen LogP contribution in [0, 0.1) is 0 Å². The molecule has 98 valence electrons. The van der Waals surface area contributed by atoms with Crippen LogP contribution in [0.15, 0.2) is 44.3 Å². The number of H-pyrrole nitrogens is 1. The number of hydrogen-bond acceptors (Lipinski definition) is 5. The highest BCUT2D eigenvalue weighted by atomic mass is 16.4. The maximum atomic E-state index is 12.1. The minimum absolute atomic E-state index is 0.103. The minimum atomic E-state index is -0.583. The van der Waals surface area contributed by atoms with Crippen LogP contribution in [-0.2, 0) is 0 Å². The van der Waals surface area contributed by atoms with E-state index in [0.717, 1.165) is 0 Å². The number of anilines is 1. The summed E-state index contributed by atoms with van der Waals surface area (Å²) in [5.41, 5.74) is 6.24. The van der Waals surface area contributed by atoms with Gasteiger partial charge in [-0.3, -0.25) is 9.89 Å². The van der Waals surface area contributed by atoms with Gasteiger partial charge in [0.05, 0.1) is 5.52 Å². The standard InChI is InChI=1S/C13H8N4O3/c14-12-10-11(15-8-5-9(18)16-17(8)12)6-3-1-2-4-7(6)20-13(10)19/h1-5H,14H2,(H,16,18). The number of nitrogens with one attached hydrogen (secondary N) is 1. The van der Waals surface area contributed by atoms with E-state index in [9.17, 15) is 9.59 Å². The van der Waals surface area contributed by atoms with E-state index in [-0.39, 0.29) is 16.8 Å². The zero-order chi connectivity index (χ0) is 13.9. The van der Waals surface area contributed by atoms with E-state index in [1.54, 1.807) is 18.2 Å². The van der Waals surface area contributed by atoms with Crippen molar-refractivity contribution < 1.29 is 4.42 Å². The first-order chi connectivity index (χ1) is 9.65. The smallest absolute Gasteiger partial charge is 0.349 e. The molecule has 0 aliphatic carbocycles. The van der Waals surface area contributed by atoms with Gasteiger partial charge >= 0.3 is 5.63 Å². The summed E-state index contributed by atoms with van der Waals surface area (Å²) in [4.78, 5) is 27.8. The third-order valence-corrected chi connectivity index (χ3v) is 3.22. The third kappa shape index (κ3) is 1.26. The van der Waals surface area contributed by atoms with Crippen molar-refractivity contribution >= 4 is 33.3 Å². The van der Waals surface area contributed by atoms with E-state index >= 15 is 0 Å². The molecule has 3 heterocycles. The van der Waals surface area contributed by atoms with Crippen LogP contribution >= 0.6 is 0 Å². The van der Waals surface area contributed by atoms with Crippen molar-refractivity contribution in [2.24, 2.45) is 0 Å². The van der Waals surface area contributed by atoms with E-state index in [4.69, 9.17) is 10.2 Å². The molecule has 7 heteroatoms. The Kier molecular flexibility index (Phi) is 1.88. The van der Waals surface area contributed by atoms with Gasteiger partial charge in [-0.25, -0.2) is 14.3 Å². The predicted molar refractivity (Wildman–Crippen MR) is 73.8 cm³/mol. The molecule has 0 saturated carbocycles. The molecule has 0 aliphatic heterocycles. The van der Waals surface area contributed by atoms with Crippen LogP contribution in [0.2, 0.25) is 0 Å². The number of para-hydroxylation sites is 1. The van der Waals surface area contributed by atoms with Gasteiger partial charge in [0, 0.05) is 11.5 Å². The Hall–Kier alpha value is -3.09. The van der Waals surface area contributed by atoms with E-state index in [2.05, 4.69) is 10.1 Å². The lowest BCUT2D eigenvalue weighted by Crippen LogP contribution is -2.10. The third-order valence-electron chi connectivity index (χ3n) is 3.22. The molecule has 0 aliphatic rings. The summed E-state index contributed by atoms with van der Waals surface area (Å²) in [6.07, 6.45) is 0. The zero-order valence-corrected chi connectivity index (χ0v) is 10.1. The van der Waals surface area contributed by atoms with Crippen LogP contribution in [0.3, 0.4) is 0 Å². The predicted octanol–water partition coefficient (Wildman–Crippen LogP) is 0.864. The summed E-state index contributed by atoms with van der Waals surface area (Å²) in [6, 6.07) is 8.36. The van der Waals surface area contributed by atoms with Crippen LogP contribution in [0.1, 0.15) is 0 Å². The monoisotopic (exact) mass is 268 g/mol. The summed E-state index contributed by atoms with van der Waals surface area (Å²) < 4.78 is 6.50. The average Bonchev–Trinajstić information content (AvgIpc) is 2.79. The van der Waals surface area contributed by atoms with Crippen LogP contribution in [0.25, 0.3) is 27.5 Å². The maximum absolute atomic E-state index is 12.1. The van der Waals surface area contributed by atoms with Crippen molar-refractivity contribution in [3.63, 3.8) is 0 Å². The fraction of sp³-hybridized carbons (Fsp3) is 0. The Morgan fingerprint density at radius 3 is 2.90 bits per heavy atom. The molecule has 7 nitrogen and oxygen atoms in total. The summed E-state index contributed by atoms with van der Waals surface area (Å²) in [5.74, 6) is 0.103. The second-order valence-corrected chi connectivity index (χ2v) is 4.42. The molecule has 3 N–H and O–H groups in total. The number of aromatic nitrogens is 3. The van der Waals surface area contributed by atoms with Gasteiger partial charge in [0.25, 0.3) is 5.56 Å². The Labute approximate surface area is 110 Å². The maximum Gasteiger partial charge on any atom is 0.349 e. The van der Waals surface area contributed by atoms with Crippen molar-refractivity contribution in [2.75, 3.05) is 5.73 Å². The van der Waals surface area contributed by atoms with Crippen molar-refractivity contribution in [2.45, 2.75) is 0 Å². The van der Waals surface area contributed by atoms with Gasteiger partial charge in [-0.05, 0) is 12.1 Å². The van der Waals surface area contributed by atoms with Crippen molar-refractivity contribution in [3.05, 3.63) is 51.1 Å². The van der Waals surface area contributed by atoms with Crippen molar-refractivity contribution in [1.82, 2.24) is 14.6 Å². The lowest BCUT2D eigenvalue weighted by atomic mass is 10.2. The Balaban J connectivity index is 2.42. The van der Waals surface area contributed by atoms with Crippen LogP contribution in [0.5, 0.6) is 0 Å². The van der Waals surface area contributed by atoms with E-state index in [1.165, 1.54) is 10.6 Å². The SMILES string of the molecule is Nc1c2c(=O)oc3ccccc3c2nc2cc(=O)[nH]n12. The second kappa shape index (κ2) is 3.47. The van der Waals surface area contributed by atoms with Gasteiger partial charge in [-0.2, -0.15) is 0 Å². The average molecular weight is 268 g/mol. The van der Waals surface area contributed by atoms with Gasteiger partial charge in [0.15, 0.2) is 5.65 Å².